The Balaban J connectivity index is 1.42. The lowest BCUT2D eigenvalue weighted by Crippen LogP contribution is -2.63. The minimum atomic E-state index is -0.200. The number of thioether (sulfide) groups is 1. The fourth-order valence-corrected chi connectivity index (χ4v) is 9.21. The van der Waals surface area contributed by atoms with Gasteiger partial charge in [-0.1, -0.05) is 55.5 Å². The van der Waals surface area contributed by atoms with Crippen LogP contribution in [0.25, 0.3) is 0 Å². The molecule has 1 spiro atoms. The molecule has 2 atom stereocenters. The number of nitrogens with one attached hydrogen (secondary N) is 2. The van der Waals surface area contributed by atoms with E-state index in [1.54, 1.807) is 0 Å². The average molecular weight is 526 g/mol. The van der Waals surface area contributed by atoms with Gasteiger partial charge in [0.25, 0.3) is 5.91 Å². The molecule has 2 saturated heterocycles. The second-order valence-corrected chi connectivity index (χ2v) is 13.3. The van der Waals surface area contributed by atoms with Crippen LogP contribution in [-0.4, -0.2) is 53.6 Å². The molecule has 2 heterocycles. The van der Waals surface area contributed by atoms with Crippen molar-refractivity contribution in [3.63, 3.8) is 0 Å². The van der Waals surface area contributed by atoms with Crippen LogP contribution in [0.15, 0.2) is 36.4 Å². The van der Waals surface area contributed by atoms with Gasteiger partial charge in [0.15, 0.2) is 6.61 Å². The number of hydrogen-bond acceptors (Lipinski definition) is 5. The second kappa shape index (κ2) is 12.6. The van der Waals surface area contributed by atoms with Crippen LogP contribution in [0, 0.1) is 18.3 Å². The number of rotatable bonds is 7. The van der Waals surface area contributed by atoms with Gasteiger partial charge < -0.3 is 9.64 Å². The molecule has 1 aromatic carbocycles. The number of allylic oxidation sites excluding steroid dienone is 2. The number of benzene rings is 1. The number of hydrazine groups is 1. The molecule has 37 heavy (non-hydrogen) atoms. The summed E-state index contributed by atoms with van der Waals surface area (Å²) in [7, 11) is 0. The van der Waals surface area contributed by atoms with Gasteiger partial charge in [0.1, 0.15) is 5.75 Å². The molecule has 2 N–H and O–H groups in total. The van der Waals surface area contributed by atoms with Crippen molar-refractivity contribution >= 4 is 17.7 Å². The summed E-state index contributed by atoms with van der Waals surface area (Å²) in [5, 5.41) is 0.528. The van der Waals surface area contributed by atoms with Gasteiger partial charge in [-0.15, -0.1) is 0 Å². The van der Waals surface area contributed by atoms with E-state index in [0.29, 0.717) is 16.6 Å². The summed E-state index contributed by atoms with van der Waals surface area (Å²) in [6, 6.07) is 8.07. The van der Waals surface area contributed by atoms with Crippen LogP contribution in [0.2, 0.25) is 0 Å². The maximum absolute atomic E-state index is 14.2. The first-order valence-corrected chi connectivity index (χ1v) is 15.9. The topological polar surface area (TPSA) is 53.6 Å². The number of hydrogen-bond donors (Lipinski definition) is 2. The zero-order valence-corrected chi connectivity index (χ0v) is 23.6. The summed E-state index contributed by atoms with van der Waals surface area (Å²) in [6.45, 7) is 4.69. The molecule has 0 radical (unpaired) electrons. The Labute approximate surface area is 228 Å². The van der Waals surface area contributed by atoms with E-state index >= 15 is 0 Å². The van der Waals surface area contributed by atoms with Crippen molar-refractivity contribution in [2.75, 3.05) is 32.0 Å². The van der Waals surface area contributed by atoms with Crippen molar-refractivity contribution in [2.24, 2.45) is 11.3 Å². The first kappa shape index (κ1) is 27.1. The van der Waals surface area contributed by atoms with Crippen LogP contribution in [-0.2, 0) is 4.79 Å². The van der Waals surface area contributed by atoms with E-state index in [2.05, 4.69) is 58.7 Å². The lowest BCUT2D eigenvalue weighted by atomic mass is 9.73. The van der Waals surface area contributed by atoms with E-state index in [0.717, 1.165) is 44.6 Å². The molecule has 5 nitrogen and oxygen atoms in total. The first-order valence-electron chi connectivity index (χ1n) is 14.8. The SMILES string of the molecule is Cc1ccc(OCC(=O)N(CC2SCCC23CCCCCC3)C2(C3CC/C=C\CCC3)CNNC2)cc1. The minimum Gasteiger partial charge on any atom is -0.484 e. The highest BCUT2D eigenvalue weighted by Crippen LogP contribution is 2.52. The number of amides is 1. The highest BCUT2D eigenvalue weighted by Gasteiger charge is 2.51. The molecule has 0 bridgehead atoms. The Morgan fingerprint density at radius 1 is 0.973 bits per heavy atom. The van der Waals surface area contributed by atoms with Crippen LogP contribution >= 0.6 is 11.8 Å². The quantitative estimate of drug-likeness (QED) is 0.426. The maximum atomic E-state index is 14.2. The lowest BCUT2D eigenvalue weighted by Gasteiger charge is -2.48. The first-order chi connectivity index (χ1) is 18.1. The standard InChI is InChI=1S/C31H47N3O2S/c1-25-13-15-27(16-14-25)36-22-29(35)34(21-28-30(19-20-37-28)17-9-5-6-10-18-30)31(23-32-33-24-31)26-11-7-3-2-4-8-12-26/h2-3,13-16,26,28,32-33H,4-12,17-24H2,1H3/b3-2-. The molecule has 6 heteroatoms. The van der Waals surface area contributed by atoms with E-state index in [1.165, 1.54) is 69.1 Å². The third-order valence-corrected chi connectivity index (χ3v) is 11.2. The fraction of sp³-hybridized carbons (Fsp3) is 0.710. The van der Waals surface area contributed by atoms with Gasteiger partial charge in [-0.2, -0.15) is 11.8 Å². The summed E-state index contributed by atoms with van der Waals surface area (Å²) in [6.07, 6.45) is 19.9. The Morgan fingerprint density at radius 3 is 2.46 bits per heavy atom. The summed E-state index contributed by atoms with van der Waals surface area (Å²) in [5.41, 5.74) is 8.32. The van der Waals surface area contributed by atoms with Gasteiger partial charge in [0.2, 0.25) is 0 Å². The molecule has 1 amide bonds. The van der Waals surface area contributed by atoms with Crippen LogP contribution in [0.5, 0.6) is 5.75 Å². The van der Waals surface area contributed by atoms with Crippen LogP contribution in [0.4, 0.5) is 0 Å². The molecule has 3 fully saturated rings. The largest absolute Gasteiger partial charge is 0.484 e. The number of aryl methyl sites for hydroxylation is 1. The van der Waals surface area contributed by atoms with Gasteiger partial charge in [-0.25, -0.2) is 0 Å². The van der Waals surface area contributed by atoms with Gasteiger partial charge in [-0.05, 0) is 87.5 Å². The van der Waals surface area contributed by atoms with Crippen molar-refractivity contribution < 1.29 is 9.53 Å². The molecule has 2 aliphatic carbocycles. The Hall–Kier alpha value is -1.50. The molecule has 5 rings (SSSR count). The summed E-state index contributed by atoms with van der Waals surface area (Å²) < 4.78 is 6.11. The summed E-state index contributed by atoms with van der Waals surface area (Å²) >= 11 is 2.14. The summed E-state index contributed by atoms with van der Waals surface area (Å²) in [4.78, 5) is 16.5. The van der Waals surface area contributed by atoms with Crippen LogP contribution in [0.1, 0.15) is 82.6 Å². The van der Waals surface area contributed by atoms with Gasteiger partial charge in [0, 0.05) is 24.9 Å². The molecular formula is C31H47N3O2S. The third-order valence-electron chi connectivity index (χ3n) is 9.72. The van der Waals surface area contributed by atoms with E-state index in [-0.39, 0.29) is 18.1 Å². The van der Waals surface area contributed by atoms with Crippen molar-refractivity contribution in [1.29, 1.82) is 0 Å². The smallest absolute Gasteiger partial charge is 0.261 e. The predicted octanol–water partition coefficient (Wildman–Crippen LogP) is 6.03. The molecule has 4 aliphatic rings. The molecule has 0 aromatic heterocycles. The molecule has 2 aliphatic heterocycles. The van der Waals surface area contributed by atoms with E-state index in [9.17, 15) is 4.79 Å². The monoisotopic (exact) mass is 525 g/mol. The average Bonchev–Trinajstić information content (AvgIpc) is 3.44. The minimum absolute atomic E-state index is 0.113. The fourth-order valence-electron chi connectivity index (χ4n) is 7.44. The molecular weight excluding hydrogens is 478 g/mol. The third kappa shape index (κ3) is 6.23. The number of nitrogens with zero attached hydrogens (tertiary/aromatic N) is 1. The predicted molar refractivity (Wildman–Crippen MR) is 154 cm³/mol. The van der Waals surface area contributed by atoms with Crippen molar-refractivity contribution in [3.8, 4) is 5.75 Å². The Bertz CT molecular complexity index is 904. The number of carbonyl (C=O) groups excluding carboxylic acids is 1. The van der Waals surface area contributed by atoms with Gasteiger partial charge in [0.05, 0.1) is 5.54 Å². The van der Waals surface area contributed by atoms with E-state index in [1.807, 2.05) is 12.1 Å². The van der Waals surface area contributed by atoms with Gasteiger partial charge in [-0.3, -0.25) is 15.6 Å². The highest BCUT2D eigenvalue weighted by molar-refractivity contribution is 8.00. The molecule has 2 unspecified atom stereocenters. The van der Waals surface area contributed by atoms with Crippen LogP contribution in [0.3, 0.4) is 0 Å². The van der Waals surface area contributed by atoms with E-state index in [4.69, 9.17) is 4.74 Å². The summed E-state index contributed by atoms with van der Waals surface area (Å²) in [5.74, 6) is 2.66. The van der Waals surface area contributed by atoms with Gasteiger partial charge >= 0.3 is 0 Å². The van der Waals surface area contributed by atoms with Crippen LogP contribution < -0.4 is 15.6 Å². The lowest BCUT2D eigenvalue weighted by molar-refractivity contribution is -0.142. The zero-order valence-electron chi connectivity index (χ0n) is 22.8. The molecule has 204 valence electrons. The second-order valence-electron chi connectivity index (χ2n) is 12.0. The van der Waals surface area contributed by atoms with Crippen molar-refractivity contribution in [3.05, 3.63) is 42.0 Å². The Kier molecular flexibility index (Phi) is 9.20. The highest BCUT2D eigenvalue weighted by atomic mass is 32.2. The normalized spacial score (nSPS) is 28.2. The number of ether oxygens (including phenoxy) is 1. The Morgan fingerprint density at radius 2 is 1.70 bits per heavy atom. The maximum Gasteiger partial charge on any atom is 0.261 e. The van der Waals surface area contributed by atoms with Crippen molar-refractivity contribution in [2.45, 2.75) is 94.8 Å². The zero-order chi connectivity index (χ0) is 25.6. The molecule has 1 saturated carbocycles. The number of carbonyl (C=O) groups is 1. The van der Waals surface area contributed by atoms with E-state index < -0.39 is 0 Å². The van der Waals surface area contributed by atoms with Crippen molar-refractivity contribution in [1.82, 2.24) is 15.8 Å². The molecule has 1 aromatic rings.